The van der Waals surface area contributed by atoms with Crippen molar-refractivity contribution < 1.29 is 19.5 Å². The number of nitrogens with one attached hydrogen (secondary N) is 1. The van der Waals surface area contributed by atoms with Gasteiger partial charge in [-0.3, -0.25) is 14.4 Å². The van der Waals surface area contributed by atoms with E-state index < -0.39 is 11.9 Å². The Balaban J connectivity index is 1.76. The Bertz CT molecular complexity index is 618. The first-order valence-corrected chi connectivity index (χ1v) is 8.91. The van der Waals surface area contributed by atoms with E-state index in [-0.39, 0.29) is 29.4 Å². The maximum Gasteiger partial charge on any atom is 0.308 e. The Hall–Kier alpha value is -2.02. The molecule has 1 fully saturated rings. The van der Waals surface area contributed by atoms with Crippen molar-refractivity contribution in [1.29, 1.82) is 0 Å². The van der Waals surface area contributed by atoms with E-state index >= 15 is 0 Å². The van der Waals surface area contributed by atoms with Gasteiger partial charge in [0.15, 0.2) is 0 Å². The second-order valence-corrected chi connectivity index (χ2v) is 7.30. The molecule has 0 aromatic heterocycles. The lowest BCUT2D eigenvalue weighted by Gasteiger charge is -2.20. The van der Waals surface area contributed by atoms with E-state index in [9.17, 15) is 14.4 Å². The average molecular weight is 350 g/mol. The van der Waals surface area contributed by atoms with Crippen LogP contribution < -0.4 is 5.32 Å². The van der Waals surface area contributed by atoms with Crippen LogP contribution in [0.15, 0.2) is 24.3 Å². The van der Waals surface area contributed by atoms with Gasteiger partial charge >= 0.3 is 5.97 Å². The molecule has 2 unspecified atom stereocenters. The van der Waals surface area contributed by atoms with Crippen molar-refractivity contribution in [2.45, 2.75) is 25.5 Å². The monoisotopic (exact) mass is 350 g/mol. The summed E-state index contributed by atoms with van der Waals surface area (Å²) in [6.07, 6.45) is 0.492. The normalized spacial score (nSPS) is 18.2. The fourth-order valence-corrected chi connectivity index (χ4v) is 3.29. The molecule has 130 valence electrons. The number of carboxylic acids is 1. The SMILES string of the molecule is Cc1ccc(NC(=O)CSC(C)C(=O)N2CCC(C(=O)O)C2)cc1. The lowest BCUT2D eigenvalue weighted by atomic mass is 10.1. The first-order valence-electron chi connectivity index (χ1n) is 7.86. The van der Waals surface area contributed by atoms with Gasteiger partial charge < -0.3 is 15.3 Å². The zero-order chi connectivity index (χ0) is 17.7. The number of aryl methyl sites for hydroxylation is 1. The molecule has 0 bridgehead atoms. The first kappa shape index (κ1) is 18.3. The number of rotatable bonds is 6. The molecule has 1 aromatic rings. The van der Waals surface area contributed by atoms with Gasteiger partial charge in [-0.25, -0.2) is 0 Å². The van der Waals surface area contributed by atoms with E-state index in [1.165, 1.54) is 11.8 Å². The van der Waals surface area contributed by atoms with Crippen LogP contribution in [0.1, 0.15) is 18.9 Å². The van der Waals surface area contributed by atoms with Gasteiger partial charge in [0.25, 0.3) is 0 Å². The summed E-state index contributed by atoms with van der Waals surface area (Å²) in [5.74, 6) is -1.42. The minimum Gasteiger partial charge on any atom is -0.481 e. The lowest BCUT2D eigenvalue weighted by molar-refractivity contribution is -0.141. The van der Waals surface area contributed by atoms with Gasteiger partial charge in [0.1, 0.15) is 0 Å². The zero-order valence-corrected chi connectivity index (χ0v) is 14.6. The largest absolute Gasteiger partial charge is 0.481 e. The van der Waals surface area contributed by atoms with Crippen molar-refractivity contribution in [2.24, 2.45) is 5.92 Å². The van der Waals surface area contributed by atoms with Crippen LogP contribution in [0.3, 0.4) is 0 Å². The number of likely N-dealkylation sites (tertiary alicyclic amines) is 1. The number of hydrogen-bond donors (Lipinski definition) is 2. The number of anilines is 1. The number of carbonyl (C=O) groups excluding carboxylic acids is 2. The van der Waals surface area contributed by atoms with E-state index in [0.29, 0.717) is 13.0 Å². The van der Waals surface area contributed by atoms with Crippen molar-refractivity contribution >= 4 is 35.2 Å². The molecular formula is C17H22N2O4S. The van der Waals surface area contributed by atoms with Crippen molar-refractivity contribution in [3.05, 3.63) is 29.8 Å². The molecule has 2 atom stereocenters. The second-order valence-electron chi connectivity index (χ2n) is 5.98. The highest BCUT2D eigenvalue weighted by atomic mass is 32.2. The molecule has 7 heteroatoms. The van der Waals surface area contributed by atoms with Crippen LogP contribution in [0.4, 0.5) is 5.69 Å². The summed E-state index contributed by atoms with van der Waals surface area (Å²) in [6, 6.07) is 7.51. The summed E-state index contributed by atoms with van der Waals surface area (Å²) in [5, 5.41) is 11.4. The maximum absolute atomic E-state index is 12.3. The molecular weight excluding hydrogens is 328 g/mol. The highest BCUT2D eigenvalue weighted by Crippen LogP contribution is 2.21. The van der Waals surface area contributed by atoms with E-state index in [1.54, 1.807) is 11.8 Å². The number of aliphatic carboxylic acids is 1. The summed E-state index contributed by atoms with van der Waals surface area (Å²) in [4.78, 5) is 36.8. The number of benzene rings is 1. The minimum atomic E-state index is -0.858. The van der Waals surface area contributed by atoms with Crippen LogP contribution in [-0.4, -0.2) is 51.9 Å². The summed E-state index contributed by atoms with van der Waals surface area (Å²) in [6.45, 7) is 4.45. The van der Waals surface area contributed by atoms with Crippen molar-refractivity contribution in [3.8, 4) is 0 Å². The number of carbonyl (C=O) groups is 3. The smallest absolute Gasteiger partial charge is 0.308 e. The molecule has 1 aliphatic rings. The fourth-order valence-electron chi connectivity index (χ4n) is 2.53. The van der Waals surface area contributed by atoms with Gasteiger partial charge in [-0.15, -0.1) is 11.8 Å². The van der Waals surface area contributed by atoms with Crippen LogP contribution in [-0.2, 0) is 14.4 Å². The summed E-state index contributed by atoms with van der Waals surface area (Å²) < 4.78 is 0. The van der Waals surface area contributed by atoms with Gasteiger partial charge in [0, 0.05) is 18.8 Å². The van der Waals surface area contributed by atoms with Crippen LogP contribution in [0, 0.1) is 12.8 Å². The molecule has 6 nitrogen and oxygen atoms in total. The second kappa shape index (κ2) is 8.19. The zero-order valence-electron chi connectivity index (χ0n) is 13.8. The van der Waals surface area contributed by atoms with Crippen LogP contribution in [0.2, 0.25) is 0 Å². The van der Waals surface area contributed by atoms with Gasteiger partial charge in [-0.1, -0.05) is 17.7 Å². The van der Waals surface area contributed by atoms with E-state index in [0.717, 1.165) is 11.3 Å². The Kier molecular flexibility index (Phi) is 6.25. The van der Waals surface area contributed by atoms with Gasteiger partial charge in [-0.05, 0) is 32.4 Å². The molecule has 1 saturated heterocycles. The van der Waals surface area contributed by atoms with Gasteiger partial charge in [-0.2, -0.15) is 0 Å². The van der Waals surface area contributed by atoms with Crippen LogP contribution in [0.25, 0.3) is 0 Å². The number of amides is 2. The summed E-state index contributed by atoms with van der Waals surface area (Å²) >= 11 is 1.26. The van der Waals surface area contributed by atoms with Gasteiger partial charge in [0.05, 0.1) is 16.9 Å². The van der Waals surface area contributed by atoms with Crippen molar-refractivity contribution in [2.75, 3.05) is 24.2 Å². The molecule has 1 aliphatic heterocycles. The number of thioether (sulfide) groups is 1. The predicted molar refractivity (Wildman–Crippen MR) is 94.1 cm³/mol. The third-order valence-corrected chi connectivity index (χ3v) is 5.13. The minimum absolute atomic E-state index is 0.105. The lowest BCUT2D eigenvalue weighted by Crippen LogP contribution is -2.36. The quantitative estimate of drug-likeness (QED) is 0.819. The van der Waals surface area contributed by atoms with Gasteiger partial charge in [0.2, 0.25) is 11.8 Å². The third-order valence-electron chi connectivity index (χ3n) is 4.00. The summed E-state index contributed by atoms with van der Waals surface area (Å²) in [5.41, 5.74) is 1.85. The summed E-state index contributed by atoms with van der Waals surface area (Å²) in [7, 11) is 0. The number of nitrogens with zero attached hydrogens (tertiary/aromatic N) is 1. The molecule has 1 heterocycles. The van der Waals surface area contributed by atoms with Crippen molar-refractivity contribution in [3.63, 3.8) is 0 Å². The standard InChI is InChI=1S/C17H22N2O4S/c1-11-3-5-14(6-4-11)18-15(20)10-24-12(2)16(21)19-8-7-13(9-19)17(22)23/h3-6,12-13H,7-10H2,1-2H3,(H,18,20)(H,22,23). The Morgan fingerprint density at radius 2 is 2.00 bits per heavy atom. The molecule has 0 spiro atoms. The molecule has 0 saturated carbocycles. The van der Waals surface area contributed by atoms with Crippen LogP contribution >= 0.6 is 11.8 Å². The molecule has 0 aliphatic carbocycles. The first-order chi connectivity index (χ1) is 11.4. The predicted octanol–water partition coefficient (Wildman–Crippen LogP) is 1.99. The Labute approximate surface area is 145 Å². The molecule has 2 rings (SSSR count). The average Bonchev–Trinajstić information content (AvgIpc) is 3.04. The highest BCUT2D eigenvalue weighted by molar-refractivity contribution is 8.01. The molecule has 1 aromatic carbocycles. The third kappa shape index (κ3) is 4.99. The van der Waals surface area contributed by atoms with E-state index in [1.807, 2.05) is 31.2 Å². The number of hydrogen-bond acceptors (Lipinski definition) is 4. The van der Waals surface area contributed by atoms with E-state index in [4.69, 9.17) is 5.11 Å². The topological polar surface area (TPSA) is 86.7 Å². The highest BCUT2D eigenvalue weighted by Gasteiger charge is 2.32. The maximum atomic E-state index is 12.3. The Morgan fingerprint density at radius 1 is 1.33 bits per heavy atom. The molecule has 0 radical (unpaired) electrons. The van der Waals surface area contributed by atoms with E-state index in [2.05, 4.69) is 5.32 Å². The fraction of sp³-hybridized carbons (Fsp3) is 0.471. The van der Waals surface area contributed by atoms with Crippen LogP contribution in [0.5, 0.6) is 0 Å². The van der Waals surface area contributed by atoms with Crippen molar-refractivity contribution in [1.82, 2.24) is 4.90 Å². The Morgan fingerprint density at radius 3 is 2.58 bits per heavy atom. The molecule has 2 N–H and O–H groups in total. The molecule has 24 heavy (non-hydrogen) atoms. The number of carboxylic acid groups (broad SMARTS) is 1. The molecule has 2 amide bonds.